The van der Waals surface area contributed by atoms with Gasteiger partial charge in [0.25, 0.3) is 5.91 Å². The number of benzene rings is 1. The summed E-state index contributed by atoms with van der Waals surface area (Å²) in [6.07, 6.45) is 5.53. The molecule has 40 heavy (non-hydrogen) atoms. The van der Waals surface area contributed by atoms with Crippen LogP contribution < -0.4 is 11.1 Å². The highest BCUT2D eigenvalue weighted by molar-refractivity contribution is 7.90. The molecule has 1 aliphatic carbocycles. The first-order valence-corrected chi connectivity index (χ1v) is 14.1. The number of aromatic nitrogens is 3. The van der Waals surface area contributed by atoms with E-state index < -0.39 is 22.1 Å². The van der Waals surface area contributed by atoms with Crippen molar-refractivity contribution in [3.63, 3.8) is 0 Å². The van der Waals surface area contributed by atoms with E-state index >= 15 is 0 Å². The molecule has 3 N–H and O–H groups in total. The van der Waals surface area contributed by atoms with Gasteiger partial charge in [-0.2, -0.15) is 17.5 Å². The second-order valence-corrected chi connectivity index (χ2v) is 11.9. The molecule has 0 atom stereocenters. The average Bonchev–Trinajstić information content (AvgIpc) is 3.71. The fraction of sp³-hybridized carbons (Fsp3) is 0.385. The molecule has 2 aromatic heterocycles. The van der Waals surface area contributed by atoms with Gasteiger partial charge in [-0.3, -0.25) is 14.2 Å². The van der Waals surface area contributed by atoms with Crippen molar-refractivity contribution in [1.29, 1.82) is 0 Å². The first-order chi connectivity index (χ1) is 18.9. The normalized spacial score (nSPS) is 17.5. The Morgan fingerprint density at radius 2 is 1.90 bits per heavy atom. The van der Waals surface area contributed by atoms with Crippen LogP contribution in [0.3, 0.4) is 0 Å². The summed E-state index contributed by atoms with van der Waals surface area (Å²) < 4.78 is 64.8. The van der Waals surface area contributed by atoms with Gasteiger partial charge in [-0.25, -0.2) is 18.4 Å². The van der Waals surface area contributed by atoms with Crippen molar-refractivity contribution < 1.29 is 26.4 Å². The van der Waals surface area contributed by atoms with Crippen molar-refractivity contribution in [3.05, 3.63) is 70.3 Å². The summed E-state index contributed by atoms with van der Waals surface area (Å²) in [5, 5.41) is 2.95. The molecule has 0 radical (unpaired) electrons. The third kappa shape index (κ3) is 5.32. The molecule has 0 bridgehead atoms. The van der Waals surface area contributed by atoms with Crippen molar-refractivity contribution in [3.8, 4) is 0 Å². The Morgan fingerprint density at radius 1 is 1.20 bits per heavy atom. The lowest BCUT2D eigenvalue weighted by atomic mass is 10.0. The smallest absolute Gasteiger partial charge is 0.398 e. The number of imidazole rings is 1. The van der Waals surface area contributed by atoms with E-state index in [2.05, 4.69) is 20.3 Å². The summed E-state index contributed by atoms with van der Waals surface area (Å²) in [5.74, 6) is 0.491. The van der Waals surface area contributed by atoms with Gasteiger partial charge in [0, 0.05) is 37.1 Å². The number of hydrogen-bond acceptors (Lipinski definition) is 7. The van der Waals surface area contributed by atoms with Gasteiger partial charge < -0.3 is 11.1 Å². The van der Waals surface area contributed by atoms with Crippen LogP contribution in [0.15, 0.2) is 47.2 Å². The van der Waals surface area contributed by atoms with E-state index in [1.807, 2.05) is 13.1 Å². The monoisotopic (exact) mass is 575 g/mol. The fourth-order valence-electron chi connectivity index (χ4n) is 4.54. The highest BCUT2D eigenvalue weighted by Gasteiger charge is 2.50. The zero-order valence-electron chi connectivity index (χ0n) is 21.9. The number of sulfonamides is 1. The number of nitrogens with one attached hydrogen (secondary N) is 1. The number of carbonyl (C=O) groups excluding carboxylic acids is 1. The molecule has 3 aromatic rings. The van der Waals surface area contributed by atoms with E-state index in [1.165, 1.54) is 0 Å². The zero-order chi connectivity index (χ0) is 28.8. The minimum atomic E-state index is -5.46. The first kappa shape index (κ1) is 27.8. The van der Waals surface area contributed by atoms with Crippen molar-refractivity contribution >= 4 is 33.1 Å². The van der Waals surface area contributed by atoms with E-state index in [-0.39, 0.29) is 42.9 Å². The average molecular weight is 576 g/mol. The molecule has 1 fully saturated rings. The number of carbonyl (C=O) groups is 1. The summed E-state index contributed by atoms with van der Waals surface area (Å²) in [6.45, 7) is 2.77. The number of fused-ring (bicyclic) bond motifs is 1. The Hall–Kier alpha value is -3.78. The Bertz CT molecular complexity index is 1640. The van der Waals surface area contributed by atoms with Gasteiger partial charge >= 0.3 is 15.5 Å². The predicted octanol–water partition coefficient (Wildman–Crippen LogP) is 3.14. The van der Waals surface area contributed by atoms with Crippen LogP contribution in [0.4, 0.5) is 13.2 Å². The van der Waals surface area contributed by atoms with E-state index in [9.17, 15) is 26.4 Å². The maximum atomic E-state index is 13.2. The second-order valence-electron chi connectivity index (χ2n) is 9.95. The van der Waals surface area contributed by atoms with Gasteiger partial charge in [-0.05, 0) is 49.0 Å². The standard InChI is InChI=1S/C26H28F3N7O3S/c1-15-11-33-25-34-22(19-7-8-19)23(36(25)13-15)24(37)32-12-17-3-5-18(6-4-17)21(30)16(2)20-14-35(10-9-31-20)40(38,39)26(27,28)29/h3-6,11,13,19H,7-10,12,14,30H2,1-2H3,(H,32,37)/b21-16-. The lowest BCUT2D eigenvalue weighted by molar-refractivity contribution is -0.0485. The summed E-state index contributed by atoms with van der Waals surface area (Å²) in [4.78, 5) is 26.3. The molecule has 2 aliphatic rings. The highest BCUT2D eigenvalue weighted by Crippen LogP contribution is 2.41. The van der Waals surface area contributed by atoms with Gasteiger partial charge in [0.05, 0.1) is 24.5 Å². The molecule has 0 spiro atoms. The molecule has 5 rings (SSSR count). The molecule has 212 valence electrons. The molecule has 1 aromatic carbocycles. The quantitative estimate of drug-likeness (QED) is 0.445. The second kappa shape index (κ2) is 10.3. The summed E-state index contributed by atoms with van der Waals surface area (Å²) in [5.41, 5.74) is 5.29. The number of nitrogens with two attached hydrogens (primary N) is 1. The number of aliphatic imine (C=N–C) groups is 1. The van der Waals surface area contributed by atoms with Gasteiger partial charge in [0.15, 0.2) is 0 Å². The lowest BCUT2D eigenvalue weighted by Gasteiger charge is -2.27. The lowest BCUT2D eigenvalue weighted by Crippen LogP contribution is -2.46. The minimum absolute atomic E-state index is 0.0987. The van der Waals surface area contributed by atoms with Gasteiger partial charge in [-0.1, -0.05) is 24.3 Å². The number of amides is 1. The van der Waals surface area contributed by atoms with Crippen LogP contribution in [0.1, 0.15) is 58.6 Å². The molecular weight excluding hydrogens is 547 g/mol. The molecule has 0 saturated heterocycles. The Labute approximate surface area is 228 Å². The van der Waals surface area contributed by atoms with E-state index in [0.29, 0.717) is 26.9 Å². The Morgan fingerprint density at radius 3 is 2.55 bits per heavy atom. The topological polar surface area (TPSA) is 135 Å². The van der Waals surface area contributed by atoms with E-state index in [0.717, 1.165) is 29.7 Å². The highest BCUT2D eigenvalue weighted by atomic mass is 32.2. The molecule has 10 nitrogen and oxygen atoms in total. The summed E-state index contributed by atoms with van der Waals surface area (Å²) in [7, 11) is -5.46. The molecule has 3 heterocycles. The van der Waals surface area contributed by atoms with Crippen LogP contribution in [-0.4, -0.2) is 63.9 Å². The van der Waals surface area contributed by atoms with E-state index in [1.54, 1.807) is 41.8 Å². The Kier molecular flexibility index (Phi) is 7.17. The van der Waals surface area contributed by atoms with Crippen molar-refractivity contribution in [2.45, 2.75) is 44.7 Å². The maximum absolute atomic E-state index is 13.2. The molecular formula is C26H28F3N7O3S. The zero-order valence-corrected chi connectivity index (χ0v) is 22.7. The number of aryl methyl sites for hydroxylation is 1. The SMILES string of the molecule is C/C(C1=NCCN(S(=O)(=O)C(F)(F)F)C1)=C(/N)c1ccc(CNC(=O)c2c(C3CC3)nc3ncc(C)cn23)cc1. The summed E-state index contributed by atoms with van der Waals surface area (Å²) in [6, 6.07) is 7.01. The van der Waals surface area contributed by atoms with Crippen molar-refractivity contribution in [1.82, 2.24) is 24.0 Å². The van der Waals surface area contributed by atoms with Crippen molar-refractivity contribution in [2.24, 2.45) is 10.7 Å². The van der Waals surface area contributed by atoms with Gasteiger partial charge in [-0.15, -0.1) is 0 Å². The number of nitrogens with zero attached hydrogens (tertiary/aromatic N) is 5. The predicted molar refractivity (Wildman–Crippen MR) is 143 cm³/mol. The van der Waals surface area contributed by atoms with Gasteiger partial charge in [0.1, 0.15) is 5.69 Å². The molecule has 1 saturated carbocycles. The fourth-order valence-corrected chi connectivity index (χ4v) is 5.44. The van der Waals surface area contributed by atoms with Crippen LogP contribution in [0, 0.1) is 6.92 Å². The van der Waals surface area contributed by atoms with Gasteiger partial charge in [0.2, 0.25) is 5.78 Å². The number of rotatable bonds is 7. The first-order valence-electron chi connectivity index (χ1n) is 12.7. The van der Waals surface area contributed by atoms with E-state index in [4.69, 9.17) is 5.73 Å². The van der Waals surface area contributed by atoms with Crippen LogP contribution in [0.2, 0.25) is 0 Å². The van der Waals surface area contributed by atoms with Crippen LogP contribution >= 0.6 is 0 Å². The molecule has 0 unspecified atom stereocenters. The van der Waals surface area contributed by atoms with Crippen LogP contribution in [-0.2, 0) is 16.6 Å². The molecule has 14 heteroatoms. The third-order valence-corrected chi connectivity index (χ3v) is 8.56. The molecule has 1 aliphatic heterocycles. The number of hydrogen-bond donors (Lipinski definition) is 2. The molecule has 1 amide bonds. The van der Waals surface area contributed by atoms with Crippen LogP contribution in [0.25, 0.3) is 11.5 Å². The summed E-state index contributed by atoms with van der Waals surface area (Å²) >= 11 is 0. The van der Waals surface area contributed by atoms with Crippen LogP contribution in [0.5, 0.6) is 0 Å². The number of alkyl halides is 3. The number of halogens is 3. The minimum Gasteiger partial charge on any atom is -0.398 e. The maximum Gasteiger partial charge on any atom is 0.511 e. The Balaban J connectivity index is 1.29. The third-order valence-electron chi connectivity index (χ3n) is 6.98. The largest absolute Gasteiger partial charge is 0.511 e. The van der Waals surface area contributed by atoms with Crippen molar-refractivity contribution in [2.75, 3.05) is 19.6 Å².